The van der Waals surface area contributed by atoms with Crippen molar-refractivity contribution in [1.82, 2.24) is 5.32 Å². The van der Waals surface area contributed by atoms with Crippen molar-refractivity contribution in [3.63, 3.8) is 0 Å². The summed E-state index contributed by atoms with van der Waals surface area (Å²) < 4.78 is 36.8. The molecule has 1 heterocycles. The van der Waals surface area contributed by atoms with E-state index in [0.717, 1.165) is 5.56 Å². The Labute approximate surface area is 106 Å². The lowest BCUT2D eigenvalue weighted by Gasteiger charge is -2.14. The molecule has 0 aromatic carbocycles. The molecule has 0 aliphatic carbocycles. The van der Waals surface area contributed by atoms with Gasteiger partial charge in [0.05, 0.1) is 15.1 Å². The van der Waals surface area contributed by atoms with Crippen molar-refractivity contribution in [1.29, 1.82) is 0 Å². The molecule has 0 saturated heterocycles. The van der Waals surface area contributed by atoms with Gasteiger partial charge in [-0.05, 0) is 18.6 Å². The van der Waals surface area contributed by atoms with Gasteiger partial charge in [-0.3, -0.25) is 0 Å². The van der Waals surface area contributed by atoms with E-state index >= 15 is 0 Å². The second kappa shape index (κ2) is 5.58. The minimum atomic E-state index is -4.14. The topological polar surface area (TPSA) is 12.0 Å². The van der Waals surface area contributed by atoms with Crippen LogP contribution in [0.3, 0.4) is 0 Å². The molecule has 1 atom stereocenters. The van der Waals surface area contributed by atoms with E-state index in [0.29, 0.717) is 8.67 Å². The third-order valence-corrected chi connectivity index (χ3v) is 3.53. The van der Waals surface area contributed by atoms with Gasteiger partial charge in [-0.2, -0.15) is 13.2 Å². The van der Waals surface area contributed by atoms with Crippen LogP contribution in [0, 0.1) is 0 Å². The first-order chi connectivity index (χ1) is 7.29. The van der Waals surface area contributed by atoms with E-state index in [1.165, 1.54) is 11.3 Å². The van der Waals surface area contributed by atoms with Gasteiger partial charge in [-0.1, -0.05) is 23.2 Å². The fourth-order valence-electron chi connectivity index (χ4n) is 1.19. The van der Waals surface area contributed by atoms with E-state index in [-0.39, 0.29) is 12.6 Å². The van der Waals surface area contributed by atoms with Gasteiger partial charge in [0.15, 0.2) is 0 Å². The van der Waals surface area contributed by atoms with Gasteiger partial charge in [0.1, 0.15) is 0 Å². The van der Waals surface area contributed by atoms with Gasteiger partial charge in [-0.15, -0.1) is 11.3 Å². The molecule has 0 radical (unpaired) electrons. The number of alkyl halides is 3. The Bertz CT molecular complexity index is 351. The van der Waals surface area contributed by atoms with Gasteiger partial charge in [0, 0.05) is 12.6 Å². The summed E-state index contributed by atoms with van der Waals surface area (Å²) in [7, 11) is 0. The molecule has 7 heteroatoms. The van der Waals surface area contributed by atoms with Gasteiger partial charge in [-0.25, -0.2) is 0 Å². The molecular weight excluding hydrogens is 282 g/mol. The molecule has 16 heavy (non-hydrogen) atoms. The zero-order valence-corrected chi connectivity index (χ0v) is 10.7. The van der Waals surface area contributed by atoms with Crippen LogP contribution < -0.4 is 5.32 Å². The lowest BCUT2D eigenvalue weighted by molar-refractivity contribution is -0.133. The van der Waals surface area contributed by atoms with Crippen LogP contribution in [0.1, 0.15) is 24.9 Å². The zero-order valence-electron chi connectivity index (χ0n) is 8.37. The Morgan fingerprint density at radius 2 is 2.06 bits per heavy atom. The van der Waals surface area contributed by atoms with Gasteiger partial charge < -0.3 is 5.32 Å². The highest BCUT2D eigenvalue weighted by Gasteiger charge is 2.26. The maximum Gasteiger partial charge on any atom is 0.390 e. The second-order valence-corrected chi connectivity index (χ2v) is 5.61. The van der Waals surface area contributed by atoms with Crippen LogP contribution in [0.4, 0.5) is 13.2 Å². The van der Waals surface area contributed by atoms with E-state index < -0.39 is 12.6 Å². The summed E-state index contributed by atoms with van der Waals surface area (Å²) in [5.74, 6) is 0. The van der Waals surface area contributed by atoms with Crippen molar-refractivity contribution in [3.05, 3.63) is 20.3 Å². The Morgan fingerprint density at radius 1 is 1.44 bits per heavy atom. The minimum absolute atomic E-state index is 0.130. The number of nitrogens with one attached hydrogen (secondary N) is 1. The molecule has 92 valence electrons. The van der Waals surface area contributed by atoms with Gasteiger partial charge in [0.2, 0.25) is 0 Å². The first kappa shape index (κ1) is 14.1. The molecule has 1 N–H and O–H groups in total. The molecule has 0 fully saturated rings. The highest BCUT2D eigenvalue weighted by atomic mass is 35.5. The summed E-state index contributed by atoms with van der Waals surface area (Å²) in [6.07, 6.45) is -4.99. The summed E-state index contributed by atoms with van der Waals surface area (Å²) in [6, 6.07) is 1.43. The largest absolute Gasteiger partial charge is 0.390 e. The predicted octanol–water partition coefficient (Wildman–Crippen LogP) is 4.66. The quantitative estimate of drug-likeness (QED) is 0.851. The number of hydrogen-bond acceptors (Lipinski definition) is 2. The van der Waals surface area contributed by atoms with Crippen molar-refractivity contribution in [2.75, 3.05) is 6.54 Å². The molecule has 0 saturated carbocycles. The van der Waals surface area contributed by atoms with Gasteiger partial charge >= 0.3 is 6.18 Å². The van der Waals surface area contributed by atoms with Gasteiger partial charge in [0.25, 0.3) is 0 Å². The van der Waals surface area contributed by atoms with E-state index in [1.54, 1.807) is 13.0 Å². The first-order valence-corrected chi connectivity index (χ1v) is 6.11. The zero-order chi connectivity index (χ0) is 12.3. The summed E-state index contributed by atoms with van der Waals surface area (Å²) in [5.41, 5.74) is 0.735. The summed E-state index contributed by atoms with van der Waals surface area (Å²) >= 11 is 12.8. The normalized spacial score (nSPS) is 14.1. The smallest absolute Gasteiger partial charge is 0.310 e. The van der Waals surface area contributed by atoms with Crippen LogP contribution in [0.2, 0.25) is 8.67 Å². The van der Waals surface area contributed by atoms with Crippen molar-refractivity contribution < 1.29 is 13.2 Å². The SMILES string of the molecule is CC(NCCC(F)(F)F)c1cc(Cl)sc1Cl. The third kappa shape index (κ3) is 4.49. The van der Waals surface area contributed by atoms with E-state index in [9.17, 15) is 13.2 Å². The molecule has 1 rings (SSSR count). The average Bonchev–Trinajstić information content (AvgIpc) is 2.43. The van der Waals surface area contributed by atoms with Crippen molar-refractivity contribution in [3.8, 4) is 0 Å². The van der Waals surface area contributed by atoms with Crippen LogP contribution in [-0.2, 0) is 0 Å². The molecule has 1 aromatic heterocycles. The molecule has 0 bridgehead atoms. The Kier molecular flexibility index (Phi) is 4.91. The lowest BCUT2D eigenvalue weighted by atomic mass is 10.2. The van der Waals surface area contributed by atoms with Crippen LogP contribution in [0.15, 0.2) is 6.07 Å². The Balaban J connectivity index is 2.47. The molecule has 0 aliphatic rings. The molecule has 0 amide bonds. The highest BCUT2D eigenvalue weighted by Crippen LogP contribution is 2.34. The van der Waals surface area contributed by atoms with E-state index in [4.69, 9.17) is 23.2 Å². The number of rotatable bonds is 4. The molecular formula is C9H10Cl2F3NS. The van der Waals surface area contributed by atoms with Crippen LogP contribution >= 0.6 is 34.5 Å². The maximum atomic E-state index is 11.9. The summed E-state index contributed by atoms with van der Waals surface area (Å²) in [5, 5.41) is 2.75. The predicted molar refractivity (Wildman–Crippen MR) is 61.4 cm³/mol. The monoisotopic (exact) mass is 291 g/mol. The fourth-order valence-corrected chi connectivity index (χ4v) is 2.83. The number of hydrogen-bond donors (Lipinski definition) is 1. The van der Waals surface area contributed by atoms with Crippen molar-refractivity contribution >= 4 is 34.5 Å². The lowest BCUT2D eigenvalue weighted by Crippen LogP contribution is -2.24. The standard InChI is InChI=1S/C9H10Cl2F3NS/c1-5(15-3-2-9(12,13)14)6-4-7(10)16-8(6)11/h4-5,15H,2-3H2,1H3. The Hall–Kier alpha value is 0.0300. The maximum absolute atomic E-state index is 11.9. The molecule has 1 unspecified atom stereocenters. The molecule has 0 aliphatic heterocycles. The van der Waals surface area contributed by atoms with Crippen molar-refractivity contribution in [2.45, 2.75) is 25.6 Å². The second-order valence-electron chi connectivity index (χ2n) is 3.32. The summed E-state index contributed by atoms with van der Waals surface area (Å²) in [4.78, 5) is 0. The molecule has 1 nitrogen and oxygen atoms in total. The van der Waals surface area contributed by atoms with E-state index in [2.05, 4.69) is 5.32 Å². The number of thiophene rings is 1. The average molecular weight is 292 g/mol. The van der Waals surface area contributed by atoms with Crippen LogP contribution in [0.5, 0.6) is 0 Å². The third-order valence-electron chi connectivity index (χ3n) is 2.01. The summed E-state index contributed by atoms with van der Waals surface area (Å²) in [6.45, 7) is 1.62. The highest BCUT2D eigenvalue weighted by molar-refractivity contribution is 7.20. The first-order valence-electron chi connectivity index (χ1n) is 4.54. The van der Waals surface area contributed by atoms with Crippen molar-refractivity contribution in [2.24, 2.45) is 0 Å². The van der Waals surface area contributed by atoms with Crippen LogP contribution in [0.25, 0.3) is 0 Å². The molecule has 0 spiro atoms. The molecule has 1 aromatic rings. The van der Waals surface area contributed by atoms with E-state index in [1.807, 2.05) is 0 Å². The number of halogens is 5. The van der Waals surface area contributed by atoms with Crippen LogP contribution in [-0.4, -0.2) is 12.7 Å². The fraction of sp³-hybridized carbons (Fsp3) is 0.556. The minimum Gasteiger partial charge on any atom is -0.310 e. The Morgan fingerprint density at radius 3 is 2.50 bits per heavy atom.